The number of hydrogen-bond donors (Lipinski definition) is 1. The summed E-state index contributed by atoms with van der Waals surface area (Å²) in [7, 11) is 0. The number of carbonyl (C=O) groups is 1. The van der Waals surface area contributed by atoms with E-state index in [0.29, 0.717) is 25.6 Å². The van der Waals surface area contributed by atoms with Crippen LogP contribution in [0.2, 0.25) is 0 Å². The molecule has 5 atom stereocenters. The van der Waals surface area contributed by atoms with E-state index in [1.165, 1.54) is 6.42 Å². The molecule has 2 heterocycles. The summed E-state index contributed by atoms with van der Waals surface area (Å²) in [6.45, 7) is 10.9. The van der Waals surface area contributed by atoms with E-state index in [-0.39, 0.29) is 44.3 Å². The number of carbonyl (C=O) groups excluding carboxylic acids is 1. The van der Waals surface area contributed by atoms with Crippen LogP contribution in [-0.4, -0.2) is 53.7 Å². The number of fused-ring (bicyclic) bond motifs is 1. The van der Waals surface area contributed by atoms with E-state index >= 15 is 0 Å². The average Bonchev–Trinajstić information content (AvgIpc) is 3.16. The molecule has 7 heteroatoms. The maximum absolute atomic E-state index is 14.9. The second-order valence-corrected chi connectivity index (χ2v) is 13.1. The normalized spacial score (nSPS) is 31.6. The van der Waals surface area contributed by atoms with Crippen LogP contribution in [0.3, 0.4) is 0 Å². The molecule has 1 amide bonds. The molecule has 216 valence electrons. The van der Waals surface area contributed by atoms with Crippen molar-refractivity contribution in [2.45, 2.75) is 103 Å². The number of halogens is 2. The predicted octanol–water partition coefficient (Wildman–Crippen LogP) is 6.74. The number of hydrogen-bond acceptors (Lipinski definition) is 4. The van der Waals surface area contributed by atoms with Crippen molar-refractivity contribution >= 4 is 5.91 Å². The molecule has 0 spiro atoms. The van der Waals surface area contributed by atoms with E-state index in [1.54, 1.807) is 26.0 Å². The molecule has 39 heavy (non-hydrogen) atoms. The van der Waals surface area contributed by atoms with E-state index < -0.39 is 16.9 Å². The number of alkyl halides is 2. The van der Waals surface area contributed by atoms with E-state index in [2.05, 4.69) is 26.1 Å². The first kappa shape index (κ1) is 28.3. The maximum atomic E-state index is 14.9. The summed E-state index contributed by atoms with van der Waals surface area (Å²) in [6, 6.07) is 7.72. The zero-order valence-electron chi connectivity index (χ0n) is 24.0. The zero-order valence-corrected chi connectivity index (χ0v) is 24.0. The minimum atomic E-state index is -2.79. The number of rotatable bonds is 8. The van der Waals surface area contributed by atoms with Crippen LogP contribution in [0.15, 0.2) is 48.2 Å². The molecule has 0 bridgehead atoms. The van der Waals surface area contributed by atoms with E-state index in [0.717, 1.165) is 29.7 Å². The summed E-state index contributed by atoms with van der Waals surface area (Å²) < 4.78 is 43.0. The topological polar surface area (TPSA) is 50.8 Å². The van der Waals surface area contributed by atoms with Crippen LogP contribution in [0.5, 0.6) is 0 Å². The van der Waals surface area contributed by atoms with Gasteiger partial charge in [-0.1, -0.05) is 43.7 Å². The van der Waals surface area contributed by atoms with Gasteiger partial charge in [0, 0.05) is 38.0 Å². The van der Waals surface area contributed by atoms with Gasteiger partial charge < -0.3 is 19.7 Å². The van der Waals surface area contributed by atoms with Gasteiger partial charge in [-0.3, -0.25) is 4.79 Å². The van der Waals surface area contributed by atoms with Crippen LogP contribution in [0, 0.1) is 17.3 Å². The fourth-order valence-electron chi connectivity index (χ4n) is 6.75. The third-order valence-corrected chi connectivity index (χ3v) is 9.15. The first-order valence-corrected chi connectivity index (χ1v) is 14.6. The summed E-state index contributed by atoms with van der Waals surface area (Å²) in [5.74, 6) is -2.12. The largest absolute Gasteiger partial charge is 0.383 e. The highest BCUT2D eigenvalue weighted by Crippen LogP contribution is 2.47. The molecule has 2 fully saturated rings. The first-order chi connectivity index (χ1) is 18.4. The Morgan fingerprint density at radius 2 is 1.97 bits per heavy atom. The van der Waals surface area contributed by atoms with Gasteiger partial charge in [-0.2, -0.15) is 0 Å². The monoisotopic (exact) mass is 544 g/mol. The fraction of sp³-hybridized carbons (Fsp3) is 0.656. The van der Waals surface area contributed by atoms with Crippen molar-refractivity contribution in [3.8, 4) is 0 Å². The Hall–Kier alpha value is -2.25. The molecule has 1 saturated carbocycles. The van der Waals surface area contributed by atoms with Gasteiger partial charge in [0.25, 0.3) is 11.8 Å². The SMILES string of the molecule is CCC(F)(F)C1(C)C=CC=C(N[C@H]2CO[C@H](CN3Cc4ccccc4C3=O)[C@H](OC(C)(C)C)[C@@H]2C2CCC2)C1.[HH]. The molecule has 5 nitrogen and oxygen atoms in total. The quantitative estimate of drug-likeness (QED) is 0.394. The van der Waals surface area contributed by atoms with Crippen molar-refractivity contribution in [1.29, 1.82) is 0 Å². The van der Waals surface area contributed by atoms with Crippen molar-refractivity contribution in [2.24, 2.45) is 17.3 Å². The van der Waals surface area contributed by atoms with Gasteiger partial charge >= 0.3 is 0 Å². The van der Waals surface area contributed by atoms with Crippen LogP contribution in [0.4, 0.5) is 8.78 Å². The lowest BCUT2D eigenvalue weighted by molar-refractivity contribution is -0.203. The molecule has 1 aromatic carbocycles. The lowest BCUT2D eigenvalue weighted by atomic mass is 9.68. The Balaban J connectivity index is 0.00000370. The molecular formula is C32H46F2N2O3. The number of nitrogens with zero attached hydrogens (tertiary/aromatic N) is 1. The van der Waals surface area contributed by atoms with Gasteiger partial charge in [-0.15, -0.1) is 0 Å². The van der Waals surface area contributed by atoms with Gasteiger partial charge in [-0.05, 0) is 64.2 Å². The molecule has 5 rings (SSSR count). The number of ether oxygens (including phenoxy) is 2. The Bertz CT molecular complexity index is 1130. The van der Waals surface area contributed by atoms with E-state index in [4.69, 9.17) is 9.47 Å². The molecule has 4 aliphatic rings. The van der Waals surface area contributed by atoms with Crippen LogP contribution in [0.25, 0.3) is 0 Å². The van der Waals surface area contributed by atoms with Gasteiger partial charge in [-0.25, -0.2) is 8.78 Å². The molecule has 1 unspecified atom stereocenters. The Morgan fingerprint density at radius 1 is 1.23 bits per heavy atom. The highest BCUT2D eigenvalue weighted by Gasteiger charge is 2.51. The second kappa shape index (κ2) is 10.6. The highest BCUT2D eigenvalue weighted by atomic mass is 19.3. The van der Waals surface area contributed by atoms with Crippen LogP contribution in [-0.2, 0) is 16.0 Å². The Kier molecular flexibility index (Phi) is 7.70. The van der Waals surface area contributed by atoms with Crippen LogP contribution < -0.4 is 5.32 Å². The Labute approximate surface area is 233 Å². The molecule has 1 aromatic rings. The number of benzene rings is 1. The first-order valence-electron chi connectivity index (χ1n) is 14.6. The second-order valence-electron chi connectivity index (χ2n) is 13.1. The van der Waals surface area contributed by atoms with Gasteiger partial charge in [0.2, 0.25) is 0 Å². The Morgan fingerprint density at radius 3 is 2.62 bits per heavy atom. The standard InChI is InChI=1S/C32H44F2N2O3.H2/c1-6-32(33,34)31(5)16-10-14-23(17-31)35-25-20-38-26(19-36-18-22-11-7-8-15-24(22)29(36)37)28(39-30(2,3)4)27(25)21-12-9-13-21;/h7-8,10-11,14-16,21,25-28,35H,6,9,12-13,17-20H2,1-5H3;1H/t25-,26+,27+,28-,31?;/m0./s1. The smallest absolute Gasteiger partial charge is 0.256 e. The summed E-state index contributed by atoms with van der Waals surface area (Å²) in [4.78, 5) is 15.1. The summed E-state index contributed by atoms with van der Waals surface area (Å²) >= 11 is 0. The summed E-state index contributed by atoms with van der Waals surface area (Å²) in [5.41, 5.74) is 1.01. The summed E-state index contributed by atoms with van der Waals surface area (Å²) in [5, 5.41) is 3.65. The predicted molar refractivity (Wildman–Crippen MR) is 151 cm³/mol. The minimum absolute atomic E-state index is 0. The van der Waals surface area contributed by atoms with Crippen molar-refractivity contribution in [2.75, 3.05) is 13.2 Å². The van der Waals surface area contributed by atoms with Crippen LogP contribution in [0.1, 0.15) is 84.1 Å². The van der Waals surface area contributed by atoms with Crippen LogP contribution >= 0.6 is 0 Å². The molecule has 1 N–H and O–H groups in total. The third-order valence-electron chi connectivity index (χ3n) is 9.15. The molecule has 2 aliphatic carbocycles. The minimum Gasteiger partial charge on any atom is -0.383 e. The number of nitrogens with one attached hydrogen (secondary N) is 1. The number of allylic oxidation sites excluding steroid dienone is 4. The fourth-order valence-corrected chi connectivity index (χ4v) is 6.75. The molecular weight excluding hydrogens is 498 g/mol. The highest BCUT2D eigenvalue weighted by molar-refractivity contribution is 5.98. The molecule has 1 saturated heterocycles. The van der Waals surface area contributed by atoms with Gasteiger partial charge in [0.15, 0.2) is 0 Å². The molecule has 0 aromatic heterocycles. The lowest BCUT2D eigenvalue weighted by Gasteiger charge is -2.51. The van der Waals surface area contributed by atoms with E-state index in [1.807, 2.05) is 35.2 Å². The van der Waals surface area contributed by atoms with Gasteiger partial charge in [0.1, 0.15) is 6.10 Å². The van der Waals surface area contributed by atoms with Crippen molar-refractivity contribution in [3.05, 3.63) is 59.3 Å². The van der Waals surface area contributed by atoms with Crippen molar-refractivity contribution in [1.82, 2.24) is 10.2 Å². The van der Waals surface area contributed by atoms with E-state index in [9.17, 15) is 13.6 Å². The maximum Gasteiger partial charge on any atom is 0.256 e. The average molecular weight is 545 g/mol. The van der Waals surface area contributed by atoms with Gasteiger partial charge in [0.05, 0.1) is 36.3 Å². The zero-order chi connectivity index (χ0) is 28.0. The van der Waals surface area contributed by atoms with Crippen molar-refractivity contribution < 1.29 is 24.5 Å². The number of amides is 1. The molecule has 0 radical (unpaired) electrons. The third kappa shape index (κ3) is 5.67. The lowest BCUT2D eigenvalue weighted by Crippen LogP contribution is -2.62. The summed E-state index contributed by atoms with van der Waals surface area (Å²) in [6.07, 6.45) is 8.35. The molecule has 2 aliphatic heterocycles. The van der Waals surface area contributed by atoms with Crippen molar-refractivity contribution in [3.63, 3.8) is 0 Å².